The summed E-state index contributed by atoms with van der Waals surface area (Å²) < 4.78 is 23.5. The number of fused-ring (bicyclic) bond motifs is 3. The summed E-state index contributed by atoms with van der Waals surface area (Å²) in [5, 5.41) is 0. The first kappa shape index (κ1) is 21.3. The molecule has 2 bridgehead atoms. The van der Waals surface area contributed by atoms with Crippen LogP contribution in [0.5, 0.6) is 5.75 Å². The molecule has 1 amide bonds. The number of carbonyl (C=O) groups is 1. The van der Waals surface area contributed by atoms with Crippen molar-refractivity contribution in [2.24, 2.45) is 17.1 Å². The van der Waals surface area contributed by atoms with Gasteiger partial charge in [0.2, 0.25) is 5.91 Å². The van der Waals surface area contributed by atoms with Crippen molar-refractivity contribution in [3.8, 4) is 5.75 Å². The fraction of sp³-hybridized carbons (Fsp3) is 0.625. The molecule has 5 nitrogen and oxygen atoms in total. The third-order valence-electron chi connectivity index (χ3n) is 7.65. The lowest BCUT2D eigenvalue weighted by Crippen LogP contribution is -2.59. The number of methoxy groups -OCH3 is 1. The lowest BCUT2D eigenvalue weighted by molar-refractivity contribution is -0.157. The van der Waals surface area contributed by atoms with Gasteiger partial charge in [0.25, 0.3) is 0 Å². The van der Waals surface area contributed by atoms with Crippen LogP contribution in [0.25, 0.3) is 0 Å². The van der Waals surface area contributed by atoms with Gasteiger partial charge in [0.05, 0.1) is 12.9 Å². The Morgan fingerprint density at radius 2 is 1.80 bits per heavy atom. The lowest BCUT2D eigenvalue weighted by Gasteiger charge is -2.55. The third kappa shape index (κ3) is 3.87. The molecule has 0 aromatic heterocycles. The van der Waals surface area contributed by atoms with Gasteiger partial charge in [-0.3, -0.25) is 4.79 Å². The molecule has 0 unspecified atom stereocenters. The van der Waals surface area contributed by atoms with E-state index in [2.05, 4.69) is 17.0 Å². The highest BCUT2D eigenvalue weighted by molar-refractivity contribution is 5.84. The quantitative estimate of drug-likeness (QED) is 0.704. The van der Waals surface area contributed by atoms with Crippen LogP contribution in [0.3, 0.4) is 0 Å². The fourth-order valence-electron chi connectivity index (χ4n) is 5.57. The number of hydrogen-bond acceptors (Lipinski definition) is 4. The van der Waals surface area contributed by atoms with Gasteiger partial charge in [-0.2, -0.15) is 0 Å². The number of carbonyl (C=O) groups excluding carboxylic acids is 1. The zero-order valence-corrected chi connectivity index (χ0v) is 17.9. The topological polar surface area (TPSA) is 64.8 Å². The second-order valence-corrected chi connectivity index (χ2v) is 9.38. The predicted molar refractivity (Wildman–Crippen MR) is 114 cm³/mol. The molecule has 0 atom stereocenters. The van der Waals surface area contributed by atoms with E-state index in [1.807, 2.05) is 12.1 Å². The molecule has 1 aromatic rings. The second kappa shape index (κ2) is 8.67. The summed E-state index contributed by atoms with van der Waals surface area (Å²) in [4.78, 5) is 15.2. The molecule has 0 spiro atoms. The number of rotatable bonds is 8. The molecule has 1 aromatic carbocycles. The molecular weight excluding hydrogens is 383 g/mol. The van der Waals surface area contributed by atoms with E-state index in [0.717, 1.165) is 64.0 Å². The number of likely N-dealkylation sites (tertiary alicyclic amines) is 1. The summed E-state index contributed by atoms with van der Waals surface area (Å²) in [5.74, 6) is 1.61. The Morgan fingerprint density at radius 3 is 2.33 bits per heavy atom. The van der Waals surface area contributed by atoms with Crippen molar-refractivity contribution >= 4 is 5.91 Å². The molecule has 0 radical (unpaired) electrons. The van der Waals surface area contributed by atoms with E-state index < -0.39 is 0 Å². The third-order valence-corrected chi connectivity index (χ3v) is 7.65. The van der Waals surface area contributed by atoms with Crippen molar-refractivity contribution in [2.75, 3.05) is 40.0 Å². The monoisotopic (exact) mass is 416 g/mol. The van der Waals surface area contributed by atoms with E-state index in [4.69, 9.17) is 15.2 Å². The molecule has 1 heterocycles. The van der Waals surface area contributed by atoms with Crippen molar-refractivity contribution in [2.45, 2.75) is 43.9 Å². The standard InChI is InChI=1S/C24H33FN2O3/c1-29-16-19-14-27(15-19)22(28)24-9-6-23(7-10-24,8-11-24)20-2-4-21(5-3-20)30-17-18(12-25)13-26/h2-5,12,19H,6-11,13-17,26H2,1H3/b18-12+. The van der Waals surface area contributed by atoms with Crippen LogP contribution in [0.2, 0.25) is 0 Å². The highest BCUT2D eigenvalue weighted by Crippen LogP contribution is 2.58. The van der Waals surface area contributed by atoms with E-state index in [0.29, 0.717) is 23.7 Å². The zero-order chi connectivity index (χ0) is 21.2. The highest BCUT2D eigenvalue weighted by atomic mass is 19.1. The minimum atomic E-state index is -0.139. The summed E-state index contributed by atoms with van der Waals surface area (Å²) in [6, 6.07) is 8.21. The Bertz CT molecular complexity index is 762. The maximum Gasteiger partial charge on any atom is 0.228 e. The summed E-state index contributed by atoms with van der Waals surface area (Å²) >= 11 is 0. The largest absolute Gasteiger partial charge is 0.489 e. The van der Waals surface area contributed by atoms with Crippen LogP contribution < -0.4 is 10.5 Å². The van der Waals surface area contributed by atoms with Gasteiger partial charge in [0, 0.05) is 43.7 Å². The number of nitrogens with zero attached hydrogens (tertiary/aromatic N) is 1. The van der Waals surface area contributed by atoms with E-state index in [1.54, 1.807) is 7.11 Å². The molecular formula is C24H33FN2O3. The van der Waals surface area contributed by atoms with Gasteiger partial charge in [-0.15, -0.1) is 0 Å². The summed E-state index contributed by atoms with van der Waals surface area (Å²) in [5.41, 5.74) is 7.28. The molecule has 164 valence electrons. The van der Waals surface area contributed by atoms with Gasteiger partial charge < -0.3 is 20.1 Å². The van der Waals surface area contributed by atoms with Crippen molar-refractivity contribution in [3.05, 3.63) is 41.7 Å². The molecule has 4 aliphatic rings. The molecule has 6 heteroatoms. The minimum Gasteiger partial charge on any atom is -0.489 e. The molecule has 3 aliphatic carbocycles. The summed E-state index contributed by atoms with van der Waals surface area (Å²) in [6.45, 7) is 2.78. The first-order valence-corrected chi connectivity index (χ1v) is 11.0. The van der Waals surface area contributed by atoms with Gasteiger partial charge in [0.1, 0.15) is 12.4 Å². The van der Waals surface area contributed by atoms with Crippen molar-refractivity contribution in [3.63, 3.8) is 0 Å². The predicted octanol–water partition coefficient (Wildman–Crippen LogP) is 3.57. The number of benzene rings is 1. The second-order valence-electron chi connectivity index (χ2n) is 9.38. The van der Waals surface area contributed by atoms with E-state index >= 15 is 0 Å². The van der Waals surface area contributed by atoms with Gasteiger partial charge >= 0.3 is 0 Å². The SMILES string of the molecule is COCC1CN(C(=O)C23CCC(c4ccc(OC/C(=C/F)CN)cc4)(CC2)CC3)C1. The lowest BCUT2D eigenvalue weighted by atomic mass is 9.51. The average Bonchev–Trinajstić information content (AvgIpc) is 2.78. The Balaban J connectivity index is 1.35. The van der Waals surface area contributed by atoms with E-state index in [1.165, 1.54) is 5.56 Å². The van der Waals surface area contributed by atoms with Gasteiger partial charge in [-0.05, 0) is 61.6 Å². The van der Waals surface area contributed by atoms with Crippen molar-refractivity contribution < 1.29 is 18.7 Å². The smallest absolute Gasteiger partial charge is 0.228 e. The number of ether oxygens (including phenoxy) is 2. The van der Waals surface area contributed by atoms with Crippen molar-refractivity contribution in [1.82, 2.24) is 4.90 Å². The molecule has 2 N–H and O–H groups in total. The fourth-order valence-corrected chi connectivity index (χ4v) is 5.57. The minimum absolute atomic E-state index is 0.139. The van der Waals surface area contributed by atoms with Crippen LogP contribution in [0.1, 0.15) is 44.1 Å². The van der Waals surface area contributed by atoms with Crippen molar-refractivity contribution in [1.29, 1.82) is 0 Å². The Hall–Kier alpha value is -1.92. The Labute approximate surface area is 178 Å². The van der Waals surface area contributed by atoms with Gasteiger partial charge in [-0.1, -0.05) is 12.1 Å². The Morgan fingerprint density at radius 1 is 1.17 bits per heavy atom. The Kier molecular flexibility index (Phi) is 6.16. The van der Waals surface area contributed by atoms with Crippen LogP contribution in [-0.4, -0.2) is 50.8 Å². The van der Waals surface area contributed by atoms with Crippen LogP contribution in [-0.2, 0) is 14.9 Å². The maximum absolute atomic E-state index is 13.2. The molecule has 1 aliphatic heterocycles. The number of hydrogen-bond donors (Lipinski definition) is 1. The zero-order valence-electron chi connectivity index (χ0n) is 17.9. The summed E-state index contributed by atoms with van der Waals surface area (Å²) in [6.07, 6.45) is 6.66. The molecule has 5 rings (SSSR count). The van der Waals surface area contributed by atoms with E-state index in [-0.39, 0.29) is 24.0 Å². The van der Waals surface area contributed by atoms with Crippen LogP contribution in [0.15, 0.2) is 36.2 Å². The molecule has 4 fully saturated rings. The molecule has 1 saturated heterocycles. The van der Waals surface area contributed by atoms with Gasteiger partial charge in [-0.25, -0.2) is 4.39 Å². The first-order valence-electron chi connectivity index (χ1n) is 11.0. The van der Waals surface area contributed by atoms with E-state index in [9.17, 15) is 9.18 Å². The summed E-state index contributed by atoms with van der Waals surface area (Å²) in [7, 11) is 1.72. The molecule has 30 heavy (non-hydrogen) atoms. The number of nitrogens with two attached hydrogens (primary N) is 1. The average molecular weight is 417 g/mol. The highest BCUT2D eigenvalue weighted by Gasteiger charge is 2.54. The number of amides is 1. The van der Waals surface area contributed by atoms with Gasteiger partial charge in [0.15, 0.2) is 0 Å². The normalized spacial score (nSPS) is 29.0. The number of halogens is 1. The van der Waals surface area contributed by atoms with Crippen LogP contribution in [0, 0.1) is 11.3 Å². The maximum atomic E-state index is 13.2. The van der Waals surface area contributed by atoms with Crippen LogP contribution in [0.4, 0.5) is 4.39 Å². The first-order chi connectivity index (χ1) is 14.5. The van der Waals surface area contributed by atoms with Crippen LogP contribution >= 0.6 is 0 Å². The molecule has 3 saturated carbocycles.